The molecule has 0 radical (unpaired) electrons. The van der Waals surface area contributed by atoms with Crippen LogP contribution in [0.2, 0.25) is 0 Å². The summed E-state index contributed by atoms with van der Waals surface area (Å²) in [6.45, 7) is 7.15. The number of para-hydroxylation sites is 1. The van der Waals surface area contributed by atoms with Gasteiger partial charge in [0.05, 0.1) is 12.4 Å². The minimum absolute atomic E-state index is 0.112. The average molecular weight is 451 g/mol. The quantitative estimate of drug-likeness (QED) is 0.395. The number of nitrogens with zero attached hydrogens (tertiary/aromatic N) is 2. The zero-order valence-corrected chi connectivity index (χ0v) is 20.3. The molecule has 1 saturated heterocycles. The molecular weight excluding hydrogens is 416 g/mol. The van der Waals surface area contributed by atoms with Gasteiger partial charge in [0.2, 0.25) is 0 Å². The largest absolute Gasteiger partial charge is 0.294 e. The number of amides is 1. The lowest BCUT2D eigenvalue weighted by Crippen LogP contribution is -2.43. The molecule has 0 aromatic heterocycles. The number of hydrogen-bond donors (Lipinski definition) is 0. The summed E-state index contributed by atoms with van der Waals surface area (Å²) in [5.41, 5.74) is 6.69. The maximum atomic E-state index is 13.6. The minimum atomic E-state index is 0.112. The van der Waals surface area contributed by atoms with E-state index in [2.05, 4.69) is 91.6 Å². The van der Waals surface area contributed by atoms with Crippen LogP contribution in [0.25, 0.3) is 11.6 Å². The van der Waals surface area contributed by atoms with E-state index >= 15 is 0 Å². The molecule has 5 rings (SSSR count). The van der Waals surface area contributed by atoms with Crippen LogP contribution in [0.3, 0.4) is 0 Å². The van der Waals surface area contributed by atoms with Crippen LogP contribution in [0.15, 0.2) is 78.9 Å². The first-order chi connectivity index (χ1) is 16.6. The Bertz CT molecular complexity index is 1160. The Morgan fingerprint density at radius 1 is 0.882 bits per heavy atom. The summed E-state index contributed by atoms with van der Waals surface area (Å²) in [6, 6.07) is 27.6. The molecule has 0 aliphatic carbocycles. The fraction of sp³-hybridized carbons (Fsp3) is 0.323. The van der Waals surface area contributed by atoms with Crippen molar-refractivity contribution in [3.8, 4) is 0 Å². The molecule has 0 bridgehead atoms. The van der Waals surface area contributed by atoms with Crippen LogP contribution >= 0.6 is 0 Å². The first-order valence-electron chi connectivity index (χ1n) is 12.6. The molecule has 34 heavy (non-hydrogen) atoms. The second-order valence-corrected chi connectivity index (χ2v) is 10.0. The predicted octanol–water partition coefficient (Wildman–Crippen LogP) is 6.61. The molecule has 3 heteroatoms. The van der Waals surface area contributed by atoms with Crippen LogP contribution < -0.4 is 4.90 Å². The highest BCUT2D eigenvalue weighted by atomic mass is 16.2. The summed E-state index contributed by atoms with van der Waals surface area (Å²) in [5.74, 6) is 1.34. The van der Waals surface area contributed by atoms with E-state index in [-0.39, 0.29) is 5.91 Å². The second-order valence-electron chi connectivity index (χ2n) is 10.0. The first-order valence-corrected chi connectivity index (χ1v) is 12.6. The number of fused-ring (bicyclic) bond motifs is 1. The molecule has 2 heterocycles. The highest BCUT2D eigenvalue weighted by Gasteiger charge is 2.33. The van der Waals surface area contributed by atoms with E-state index in [9.17, 15) is 4.79 Å². The predicted molar refractivity (Wildman–Crippen MR) is 142 cm³/mol. The summed E-state index contributed by atoms with van der Waals surface area (Å²) in [4.78, 5) is 18.0. The molecule has 0 spiro atoms. The average Bonchev–Trinajstić information content (AvgIpc) is 3.12. The van der Waals surface area contributed by atoms with E-state index in [0.717, 1.165) is 47.8 Å². The van der Waals surface area contributed by atoms with Gasteiger partial charge in [-0.25, -0.2) is 0 Å². The van der Waals surface area contributed by atoms with Crippen molar-refractivity contribution in [2.45, 2.75) is 39.0 Å². The topological polar surface area (TPSA) is 23.6 Å². The van der Waals surface area contributed by atoms with Gasteiger partial charge in [0.1, 0.15) is 0 Å². The van der Waals surface area contributed by atoms with Crippen molar-refractivity contribution in [3.05, 3.63) is 101 Å². The molecule has 3 aromatic carbocycles. The van der Waals surface area contributed by atoms with Gasteiger partial charge in [0.25, 0.3) is 5.91 Å². The van der Waals surface area contributed by atoms with E-state index in [1.807, 2.05) is 17.0 Å². The van der Waals surface area contributed by atoms with E-state index in [1.165, 1.54) is 24.0 Å². The van der Waals surface area contributed by atoms with Crippen LogP contribution in [0.5, 0.6) is 0 Å². The number of rotatable bonds is 6. The first kappa shape index (κ1) is 22.6. The van der Waals surface area contributed by atoms with E-state index < -0.39 is 0 Å². The summed E-state index contributed by atoms with van der Waals surface area (Å²) in [7, 11) is 0. The molecule has 3 nitrogen and oxygen atoms in total. The van der Waals surface area contributed by atoms with Crippen LogP contribution in [-0.2, 0) is 11.2 Å². The highest BCUT2D eigenvalue weighted by molar-refractivity contribution is 6.35. The summed E-state index contributed by atoms with van der Waals surface area (Å²) in [6.07, 6.45) is 5.58. The number of carbonyl (C=O) groups is 1. The van der Waals surface area contributed by atoms with Crippen molar-refractivity contribution < 1.29 is 4.79 Å². The lowest BCUT2D eigenvalue weighted by atomic mass is 9.90. The Hall–Kier alpha value is -3.17. The number of anilines is 1. The van der Waals surface area contributed by atoms with Gasteiger partial charge in [-0.1, -0.05) is 86.6 Å². The summed E-state index contributed by atoms with van der Waals surface area (Å²) in [5, 5.41) is 0. The van der Waals surface area contributed by atoms with Crippen molar-refractivity contribution in [2.75, 3.05) is 24.7 Å². The summed E-state index contributed by atoms with van der Waals surface area (Å²) < 4.78 is 0. The molecule has 0 N–H and O–H groups in total. The maximum Gasteiger partial charge on any atom is 0.260 e. The van der Waals surface area contributed by atoms with E-state index in [0.29, 0.717) is 12.6 Å². The fourth-order valence-electron chi connectivity index (χ4n) is 5.21. The molecule has 0 unspecified atom stereocenters. The number of benzene rings is 3. The van der Waals surface area contributed by atoms with Crippen molar-refractivity contribution in [2.24, 2.45) is 5.92 Å². The monoisotopic (exact) mass is 450 g/mol. The van der Waals surface area contributed by atoms with Crippen molar-refractivity contribution >= 4 is 23.2 Å². The third-order valence-corrected chi connectivity index (χ3v) is 7.29. The molecule has 174 valence electrons. The molecule has 2 aliphatic heterocycles. The second kappa shape index (κ2) is 9.99. The van der Waals surface area contributed by atoms with Gasteiger partial charge < -0.3 is 0 Å². The van der Waals surface area contributed by atoms with Crippen LogP contribution in [0.1, 0.15) is 54.9 Å². The fourth-order valence-corrected chi connectivity index (χ4v) is 5.21. The van der Waals surface area contributed by atoms with Gasteiger partial charge in [-0.3, -0.25) is 14.6 Å². The molecular formula is C31H34N2O. The molecule has 0 atom stereocenters. The standard InChI is InChI=1S/C31H34N2O/c1-23(2)27-14-12-25(13-15-27)21-29-28-10-6-7-11-30(28)33(31(29)34)22-32-18-16-26(17-19-32)20-24-8-4-3-5-9-24/h3-15,21,23,26H,16-20,22H2,1-2H3/b29-21-. The number of piperidine rings is 1. The van der Waals surface area contributed by atoms with Gasteiger partial charge in [-0.2, -0.15) is 0 Å². The Morgan fingerprint density at radius 2 is 1.56 bits per heavy atom. The smallest absolute Gasteiger partial charge is 0.260 e. The normalized spacial score (nSPS) is 18.1. The van der Waals surface area contributed by atoms with Crippen molar-refractivity contribution in [3.63, 3.8) is 0 Å². The Kier molecular flexibility index (Phi) is 6.64. The molecule has 3 aromatic rings. The van der Waals surface area contributed by atoms with Crippen molar-refractivity contribution in [1.29, 1.82) is 0 Å². The van der Waals surface area contributed by atoms with Gasteiger partial charge >= 0.3 is 0 Å². The van der Waals surface area contributed by atoms with Crippen LogP contribution in [0.4, 0.5) is 5.69 Å². The SMILES string of the molecule is CC(C)c1ccc(/C=C2\C(=O)N(CN3CCC(Cc4ccccc4)CC3)c3ccccc32)cc1. The van der Waals surface area contributed by atoms with Crippen LogP contribution in [-0.4, -0.2) is 30.6 Å². The van der Waals surface area contributed by atoms with E-state index in [1.54, 1.807) is 0 Å². The third kappa shape index (κ3) is 4.85. The van der Waals surface area contributed by atoms with Gasteiger partial charge in [-0.15, -0.1) is 0 Å². The zero-order valence-electron chi connectivity index (χ0n) is 20.3. The number of carbonyl (C=O) groups excluding carboxylic acids is 1. The van der Waals surface area contributed by atoms with Crippen molar-refractivity contribution in [1.82, 2.24) is 4.90 Å². The third-order valence-electron chi connectivity index (χ3n) is 7.29. The minimum Gasteiger partial charge on any atom is -0.294 e. The van der Waals surface area contributed by atoms with Gasteiger partial charge in [0, 0.05) is 24.2 Å². The molecule has 0 saturated carbocycles. The van der Waals surface area contributed by atoms with Crippen LogP contribution in [0, 0.1) is 5.92 Å². The lowest BCUT2D eigenvalue weighted by Gasteiger charge is -2.34. The Labute approximate surface area is 203 Å². The lowest BCUT2D eigenvalue weighted by molar-refractivity contribution is -0.113. The Morgan fingerprint density at radius 3 is 2.26 bits per heavy atom. The maximum absolute atomic E-state index is 13.6. The molecule has 1 fully saturated rings. The molecule has 2 aliphatic rings. The number of likely N-dealkylation sites (tertiary alicyclic amines) is 1. The molecule has 1 amide bonds. The van der Waals surface area contributed by atoms with Gasteiger partial charge in [0.15, 0.2) is 0 Å². The van der Waals surface area contributed by atoms with Gasteiger partial charge in [-0.05, 0) is 59.9 Å². The number of hydrogen-bond acceptors (Lipinski definition) is 2. The summed E-state index contributed by atoms with van der Waals surface area (Å²) >= 11 is 0. The zero-order chi connectivity index (χ0) is 23.5. The highest BCUT2D eigenvalue weighted by Crippen LogP contribution is 2.38. The van der Waals surface area contributed by atoms with E-state index in [4.69, 9.17) is 0 Å². The Balaban J connectivity index is 1.28.